The molecule has 0 bridgehead atoms. The number of carbonyl (C=O) groups excluding carboxylic acids is 1. The van der Waals surface area contributed by atoms with Crippen molar-refractivity contribution in [3.8, 4) is 0 Å². The molecular weight excluding hydrogens is 414 g/mol. The molecule has 3 heterocycles. The van der Waals surface area contributed by atoms with Crippen LogP contribution in [0, 0.1) is 0 Å². The summed E-state index contributed by atoms with van der Waals surface area (Å²) >= 11 is 0. The molecule has 0 spiro atoms. The topological polar surface area (TPSA) is 163 Å². The molecular formula is C17H19N7O5S. The maximum atomic E-state index is 12.3. The molecule has 12 nitrogen and oxygen atoms in total. The summed E-state index contributed by atoms with van der Waals surface area (Å²) in [5.41, 5.74) is 1.50. The van der Waals surface area contributed by atoms with Crippen LogP contribution in [0.2, 0.25) is 0 Å². The molecule has 0 radical (unpaired) electrons. The second kappa shape index (κ2) is 8.31. The average Bonchev–Trinajstić information content (AvgIpc) is 3.34. The third-order valence-electron chi connectivity index (χ3n) is 4.44. The highest BCUT2D eigenvalue weighted by Crippen LogP contribution is 2.31. The first-order valence-electron chi connectivity index (χ1n) is 9.02. The molecule has 2 aromatic heterocycles. The second-order valence-electron chi connectivity index (χ2n) is 6.56. The van der Waals surface area contributed by atoms with Crippen LogP contribution in [0.15, 0.2) is 43.0 Å². The lowest BCUT2D eigenvalue weighted by Crippen LogP contribution is -2.23. The molecule has 1 aliphatic heterocycles. The zero-order valence-electron chi connectivity index (χ0n) is 15.6. The fourth-order valence-corrected chi connectivity index (χ4v) is 3.47. The van der Waals surface area contributed by atoms with Gasteiger partial charge in [-0.25, -0.2) is 24.9 Å². The molecule has 0 aliphatic carbocycles. The molecule has 0 unspecified atom stereocenters. The van der Waals surface area contributed by atoms with E-state index in [1.807, 2.05) is 18.2 Å². The Morgan fingerprint density at radius 3 is 2.77 bits per heavy atom. The Kier molecular flexibility index (Phi) is 5.59. The number of fused-ring (bicyclic) bond motifs is 1. The van der Waals surface area contributed by atoms with E-state index in [-0.39, 0.29) is 12.4 Å². The molecule has 3 aromatic rings. The van der Waals surface area contributed by atoms with Gasteiger partial charge >= 0.3 is 16.3 Å². The predicted octanol–water partition coefficient (Wildman–Crippen LogP) is 1.37. The van der Waals surface area contributed by atoms with Gasteiger partial charge in [-0.2, -0.15) is 8.42 Å². The number of carbonyl (C=O) groups is 1. The number of hydrogen-bond donors (Lipinski definition) is 3. The SMILES string of the molecule is NS(=O)(=O)OC[C@@H]1CC[C@H](n2cnc3c(NC(=O)Nc4ccccc4)ncnc32)O1. The number of urea groups is 1. The van der Waals surface area contributed by atoms with E-state index in [4.69, 9.17) is 9.88 Å². The van der Waals surface area contributed by atoms with Gasteiger partial charge in [0.25, 0.3) is 0 Å². The van der Waals surface area contributed by atoms with Crippen molar-refractivity contribution in [3.05, 3.63) is 43.0 Å². The zero-order valence-corrected chi connectivity index (χ0v) is 16.4. The van der Waals surface area contributed by atoms with Gasteiger partial charge in [-0.15, -0.1) is 0 Å². The van der Waals surface area contributed by atoms with Gasteiger partial charge in [-0.1, -0.05) is 18.2 Å². The highest BCUT2D eigenvalue weighted by molar-refractivity contribution is 7.84. The molecule has 4 N–H and O–H groups in total. The maximum absolute atomic E-state index is 12.3. The quantitative estimate of drug-likeness (QED) is 0.524. The van der Waals surface area contributed by atoms with Crippen LogP contribution >= 0.6 is 0 Å². The lowest BCUT2D eigenvalue weighted by Gasteiger charge is -2.15. The first-order chi connectivity index (χ1) is 14.4. The number of rotatable bonds is 6. The van der Waals surface area contributed by atoms with Gasteiger partial charge in [0.05, 0.1) is 19.0 Å². The minimum atomic E-state index is -4.02. The fraction of sp³-hybridized carbons (Fsp3) is 0.294. The van der Waals surface area contributed by atoms with Crippen molar-refractivity contribution in [3.63, 3.8) is 0 Å². The van der Waals surface area contributed by atoms with E-state index in [9.17, 15) is 13.2 Å². The van der Waals surface area contributed by atoms with Crippen molar-refractivity contribution in [2.24, 2.45) is 5.14 Å². The van der Waals surface area contributed by atoms with Crippen LogP contribution in [0.3, 0.4) is 0 Å². The van der Waals surface area contributed by atoms with Gasteiger partial charge in [0.1, 0.15) is 12.6 Å². The monoisotopic (exact) mass is 433 g/mol. The lowest BCUT2D eigenvalue weighted by atomic mass is 10.2. The van der Waals surface area contributed by atoms with Crippen LogP contribution in [0.25, 0.3) is 11.2 Å². The third-order valence-corrected chi connectivity index (χ3v) is 4.90. The molecule has 4 rings (SSSR count). The largest absolute Gasteiger partial charge is 0.352 e. The van der Waals surface area contributed by atoms with Crippen LogP contribution in [0.4, 0.5) is 16.3 Å². The third kappa shape index (κ3) is 4.71. The zero-order chi connectivity index (χ0) is 21.1. The first kappa shape index (κ1) is 20.2. The van der Waals surface area contributed by atoms with Gasteiger partial charge in [0, 0.05) is 5.69 Å². The van der Waals surface area contributed by atoms with Gasteiger partial charge in [0.15, 0.2) is 17.0 Å². The average molecular weight is 433 g/mol. The first-order valence-corrected chi connectivity index (χ1v) is 10.5. The van der Waals surface area contributed by atoms with Crippen molar-refractivity contribution in [2.45, 2.75) is 25.2 Å². The van der Waals surface area contributed by atoms with Crippen LogP contribution in [0.5, 0.6) is 0 Å². The summed E-state index contributed by atoms with van der Waals surface area (Å²) in [6.45, 7) is -0.163. The normalized spacial score (nSPS) is 19.1. The van der Waals surface area contributed by atoms with Crippen LogP contribution in [0.1, 0.15) is 19.1 Å². The Balaban J connectivity index is 1.46. The van der Waals surface area contributed by atoms with E-state index in [1.165, 1.54) is 12.7 Å². The molecule has 1 fully saturated rings. The van der Waals surface area contributed by atoms with Crippen LogP contribution in [-0.4, -0.2) is 46.7 Å². The molecule has 1 aliphatic rings. The lowest BCUT2D eigenvalue weighted by molar-refractivity contribution is -0.0149. The standard InChI is InChI=1S/C17H19N7O5S/c18-30(26,27)28-8-12-6-7-13(29-12)24-10-21-14-15(19-9-20-16(14)24)23-17(25)22-11-4-2-1-3-5-11/h1-5,9-10,12-13H,6-8H2,(H2,18,26,27)(H2,19,20,22,23,25)/t12-,13+/m0/s1. The van der Waals surface area contributed by atoms with Gasteiger partial charge in [0.2, 0.25) is 0 Å². The predicted molar refractivity (Wildman–Crippen MR) is 107 cm³/mol. The van der Waals surface area contributed by atoms with Crippen molar-refractivity contribution >= 4 is 39.0 Å². The van der Waals surface area contributed by atoms with Gasteiger partial charge in [-0.05, 0) is 25.0 Å². The van der Waals surface area contributed by atoms with E-state index in [0.29, 0.717) is 29.7 Å². The molecule has 1 saturated heterocycles. The summed E-state index contributed by atoms with van der Waals surface area (Å²) in [5, 5.41) is 10.2. The van der Waals surface area contributed by atoms with E-state index in [1.54, 1.807) is 16.7 Å². The summed E-state index contributed by atoms with van der Waals surface area (Å²) in [7, 11) is -4.02. The minimum Gasteiger partial charge on any atom is -0.352 e. The number of nitrogens with one attached hydrogen (secondary N) is 2. The highest BCUT2D eigenvalue weighted by Gasteiger charge is 2.29. The van der Waals surface area contributed by atoms with Gasteiger partial charge < -0.3 is 10.1 Å². The number of aromatic nitrogens is 4. The summed E-state index contributed by atoms with van der Waals surface area (Å²) in [4.78, 5) is 24.9. The number of ether oxygens (including phenoxy) is 1. The molecule has 1 aromatic carbocycles. The molecule has 158 valence electrons. The van der Waals surface area contributed by atoms with E-state index < -0.39 is 28.7 Å². The van der Waals surface area contributed by atoms with Crippen LogP contribution < -0.4 is 15.8 Å². The summed E-state index contributed by atoms with van der Waals surface area (Å²) < 4.78 is 34.0. The number of anilines is 2. The summed E-state index contributed by atoms with van der Waals surface area (Å²) in [6.07, 6.45) is 3.19. The Morgan fingerprint density at radius 1 is 1.20 bits per heavy atom. The van der Waals surface area contributed by atoms with Crippen LogP contribution in [-0.2, 0) is 19.2 Å². The van der Waals surface area contributed by atoms with Crippen molar-refractivity contribution in [1.29, 1.82) is 0 Å². The van der Waals surface area contributed by atoms with Crippen molar-refractivity contribution in [2.75, 3.05) is 17.2 Å². The molecule has 13 heteroatoms. The Bertz CT molecular complexity index is 1150. The van der Waals surface area contributed by atoms with Crippen molar-refractivity contribution in [1.82, 2.24) is 19.5 Å². The molecule has 0 saturated carbocycles. The molecule has 2 atom stereocenters. The Labute approximate surface area is 171 Å². The molecule has 30 heavy (non-hydrogen) atoms. The number of nitrogens with two attached hydrogens (primary N) is 1. The van der Waals surface area contributed by atoms with E-state index in [2.05, 4.69) is 29.8 Å². The summed E-state index contributed by atoms with van der Waals surface area (Å²) in [6, 6.07) is 8.52. The number of amides is 2. The van der Waals surface area contributed by atoms with E-state index >= 15 is 0 Å². The molecule has 2 amide bonds. The van der Waals surface area contributed by atoms with Gasteiger partial charge in [-0.3, -0.25) is 14.1 Å². The number of imidazole rings is 1. The van der Waals surface area contributed by atoms with Crippen molar-refractivity contribution < 1.29 is 22.1 Å². The highest BCUT2D eigenvalue weighted by atomic mass is 32.2. The maximum Gasteiger partial charge on any atom is 0.333 e. The Morgan fingerprint density at radius 2 is 2.00 bits per heavy atom. The fourth-order valence-electron chi connectivity index (χ4n) is 3.13. The minimum absolute atomic E-state index is 0.163. The number of nitrogens with zero attached hydrogens (tertiary/aromatic N) is 4. The Hall–Kier alpha value is -3.13. The summed E-state index contributed by atoms with van der Waals surface area (Å²) in [5.74, 6) is 0.249. The number of benzene rings is 1. The second-order valence-corrected chi connectivity index (χ2v) is 7.78. The number of para-hydroxylation sites is 1. The van der Waals surface area contributed by atoms with E-state index in [0.717, 1.165) is 0 Å². The smallest absolute Gasteiger partial charge is 0.333 e. The number of hydrogen-bond acceptors (Lipinski definition) is 8.